The zero-order valence-corrected chi connectivity index (χ0v) is 14.1. The summed E-state index contributed by atoms with van der Waals surface area (Å²) >= 11 is 0. The number of nitrogens with one attached hydrogen (secondary N) is 1. The van der Waals surface area contributed by atoms with E-state index in [4.69, 9.17) is 5.14 Å². The van der Waals surface area contributed by atoms with Crippen LogP contribution in [0.1, 0.15) is 31.2 Å². The third-order valence-corrected chi connectivity index (χ3v) is 5.65. The molecule has 1 aromatic carbocycles. The first-order valence-corrected chi connectivity index (χ1v) is 9.73. The molecule has 1 saturated heterocycles. The number of amides is 2. The Labute approximate surface area is 141 Å². The van der Waals surface area contributed by atoms with Crippen LogP contribution in [0.5, 0.6) is 0 Å². The molecule has 130 valence electrons. The Balaban J connectivity index is 1.73. The standard InChI is InChI=1S/C16H21N3O4S/c17-24(22,23)10-3-7-14(20)19-9-4-8-16(11-19)12-5-1-2-6-13(12)18-15(16)21/h1-2,5-6H,3-4,7-11H2,(H,18,21)(H2,17,22,23). The van der Waals surface area contributed by atoms with E-state index in [9.17, 15) is 18.0 Å². The van der Waals surface area contributed by atoms with Gasteiger partial charge in [0.1, 0.15) is 0 Å². The van der Waals surface area contributed by atoms with E-state index in [-0.39, 0.29) is 30.4 Å². The van der Waals surface area contributed by atoms with E-state index < -0.39 is 15.4 Å². The Hall–Kier alpha value is -1.93. The normalized spacial score (nSPS) is 23.2. The molecule has 1 unspecified atom stereocenters. The number of benzene rings is 1. The van der Waals surface area contributed by atoms with Crippen molar-refractivity contribution in [3.63, 3.8) is 0 Å². The van der Waals surface area contributed by atoms with Gasteiger partial charge in [-0.2, -0.15) is 0 Å². The van der Waals surface area contributed by atoms with Gasteiger partial charge in [-0.15, -0.1) is 0 Å². The number of para-hydroxylation sites is 1. The van der Waals surface area contributed by atoms with Crippen molar-refractivity contribution in [2.45, 2.75) is 31.1 Å². The fraction of sp³-hybridized carbons (Fsp3) is 0.500. The maximum Gasteiger partial charge on any atom is 0.236 e. The van der Waals surface area contributed by atoms with Gasteiger partial charge in [0.05, 0.1) is 11.2 Å². The summed E-state index contributed by atoms with van der Waals surface area (Å²) in [5.74, 6) is -0.401. The van der Waals surface area contributed by atoms with Crippen LogP contribution in [0.15, 0.2) is 24.3 Å². The topological polar surface area (TPSA) is 110 Å². The molecule has 0 aliphatic carbocycles. The first kappa shape index (κ1) is 16.9. The van der Waals surface area contributed by atoms with Crippen LogP contribution >= 0.6 is 0 Å². The molecule has 1 spiro atoms. The summed E-state index contributed by atoms with van der Waals surface area (Å²) in [5.41, 5.74) is 1.06. The van der Waals surface area contributed by atoms with Crippen molar-refractivity contribution in [3.8, 4) is 0 Å². The quantitative estimate of drug-likeness (QED) is 0.826. The Morgan fingerprint density at radius 2 is 2.08 bits per heavy atom. The number of fused-ring (bicyclic) bond motifs is 2. The number of likely N-dealkylation sites (tertiary alicyclic amines) is 1. The molecule has 8 heteroatoms. The molecule has 0 saturated carbocycles. The van der Waals surface area contributed by atoms with Gasteiger partial charge in [-0.1, -0.05) is 18.2 Å². The van der Waals surface area contributed by atoms with Crippen LogP contribution in [0.4, 0.5) is 5.69 Å². The molecule has 0 aromatic heterocycles. The molecule has 2 aliphatic heterocycles. The largest absolute Gasteiger partial charge is 0.341 e. The predicted molar refractivity (Wildman–Crippen MR) is 89.8 cm³/mol. The Kier molecular flexibility index (Phi) is 4.35. The third kappa shape index (κ3) is 3.16. The van der Waals surface area contributed by atoms with Gasteiger partial charge in [-0.05, 0) is 30.9 Å². The first-order chi connectivity index (χ1) is 11.3. The monoisotopic (exact) mass is 351 g/mol. The molecular formula is C16H21N3O4S. The van der Waals surface area contributed by atoms with Crippen molar-refractivity contribution < 1.29 is 18.0 Å². The van der Waals surface area contributed by atoms with Crippen LogP contribution in [0.25, 0.3) is 0 Å². The molecule has 1 aromatic rings. The smallest absolute Gasteiger partial charge is 0.236 e. The number of rotatable bonds is 4. The fourth-order valence-corrected chi connectivity index (χ4v) is 4.18. The molecule has 2 heterocycles. The van der Waals surface area contributed by atoms with Crippen molar-refractivity contribution in [2.75, 3.05) is 24.2 Å². The van der Waals surface area contributed by atoms with Crippen LogP contribution in [0.2, 0.25) is 0 Å². The summed E-state index contributed by atoms with van der Waals surface area (Å²) in [7, 11) is -3.56. The number of nitrogens with zero attached hydrogens (tertiary/aromatic N) is 1. The fourth-order valence-electron chi connectivity index (χ4n) is 3.63. The van der Waals surface area contributed by atoms with Gasteiger partial charge in [0, 0.05) is 25.2 Å². The zero-order valence-electron chi connectivity index (χ0n) is 13.3. The van der Waals surface area contributed by atoms with E-state index in [0.29, 0.717) is 19.5 Å². The molecule has 3 rings (SSSR count). The molecule has 24 heavy (non-hydrogen) atoms. The van der Waals surface area contributed by atoms with E-state index >= 15 is 0 Å². The average Bonchev–Trinajstić information content (AvgIpc) is 2.79. The third-order valence-electron chi connectivity index (χ3n) is 4.79. The number of carbonyl (C=O) groups is 2. The van der Waals surface area contributed by atoms with Crippen LogP contribution in [-0.2, 0) is 25.0 Å². The summed E-state index contributed by atoms with van der Waals surface area (Å²) < 4.78 is 21.9. The van der Waals surface area contributed by atoms with Gasteiger partial charge < -0.3 is 10.2 Å². The summed E-state index contributed by atoms with van der Waals surface area (Å²) in [6.45, 7) is 0.926. The van der Waals surface area contributed by atoms with Gasteiger partial charge in [-0.25, -0.2) is 13.6 Å². The Bertz CT molecular complexity index is 777. The van der Waals surface area contributed by atoms with Crippen molar-refractivity contribution in [1.29, 1.82) is 0 Å². The van der Waals surface area contributed by atoms with Crippen LogP contribution in [0.3, 0.4) is 0 Å². The molecule has 1 fully saturated rings. The van der Waals surface area contributed by atoms with Gasteiger partial charge in [0.2, 0.25) is 21.8 Å². The first-order valence-electron chi connectivity index (χ1n) is 8.01. The SMILES string of the molecule is NS(=O)(=O)CCCC(=O)N1CCCC2(C1)C(=O)Nc1ccccc12. The molecule has 3 N–H and O–H groups in total. The number of sulfonamides is 1. The molecule has 1 atom stereocenters. The highest BCUT2D eigenvalue weighted by molar-refractivity contribution is 7.89. The molecule has 7 nitrogen and oxygen atoms in total. The van der Waals surface area contributed by atoms with E-state index in [0.717, 1.165) is 17.7 Å². The minimum atomic E-state index is -3.56. The van der Waals surface area contributed by atoms with E-state index in [2.05, 4.69) is 5.32 Å². The number of primary sulfonamides is 1. The number of hydrogen-bond donors (Lipinski definition) is 2. The maximum absolute atomic E-state index is 12.6. The molecule has 2 amide bonds. The van der Waals surface area contributed by atoms with Crippen molar-refractivity contribution in [1.82, 2.24) is 4.90 Å². The molecule has 2 aliphatic rings. The zero-order chi connectivity index (χ0) is 17.4. The highest BCUT2D eigenvalue weighted by Crippen LogP contribution is 2.43. The lowest BCUT2D eigenvalue weighted by molar-refractivity contribution is -0.135. The lowest BCUT2D eigenvalue weighted by atomic mass is 9.75. The lowest BCUT2D eigenvalue weighted by Gasteiger charge is -2.39. The van der Waals surface area contributed by atoms with Gasteiger partial charge in [0.25, 0.3) is 0 Å². The summed E-state index contributed by atoms with van der Waals surface area (Å²) in [6, 6.07) is 7.57. The molecule has 0 radical (unpaired) electrons. The lowest BCUT2D eigenvalue weighted by Crippen LogP contribution is -2.51. The molecule has 0 bridgehead atoms. The minimum Gasteiger partial charge on any atom is -0.341 e. The van der Waals surface area contributed by atoms with Crippen molar-refractivity contribution in [2.24, 2.45) is 5.14 Å². The second-order valence-electron chi connectivity index (χ2n) is 6.47. The van der Waals surface area contributed by atoms with Crippen LogP contribution < -0.4 is 10.5 Å². The van der Waals surface area contributed by atoms with Gasteiger partial charge >= 0.3 is 0 Å². The number of nitrogens with two attached hydrogens (primary N) is 1. The number of carbonyl (C=O) groups excluding carboxylic acids is 2. The highest BCUT2D eigenvalue weighted by atomic mass is 32.2. The summed E-state index contributed by atoms with van der Waals surface area (Å²) in [5, 5.41) is 7.87. The van der Waals surface area contributed by atoms with Gasteiger partial charge in [0.15, 0.2) is 0 Å². The maximum atomic E-state index is 12.6. The van der Waals surface area contributed by atoms with Crippen molar-refractivity contribution >= 4 is 27.5 Å². The average molecular weight is 351 g/mol. The summed E-state index contributed by atoms with van der Waals surface area (Å²) in [6.07, 6.45) is 1.76. The summed E-state index contributed by atoms with van der Waals surface area (Å²) in [4.78, 5) is 26.7. The number of piperidine rings is 1. The molecular weight excluding hydrogens is 330 g/mol. The number of anilines is 1. The Morgan fingerprint density at radius 3 is 2.83 bits per heavy atom. The van der Waals surface area contributed by atoms with E-state index in [1.54, 1.807) is 4.90 Å². The van der Waals surface area contributed by atoms with Crippen molar-refractivity contribution in [3.05, 3.63) is 29.8 Å². The second-order valence-corrected chi connectivity index (χ2v) is 8.21. The van der Waals surface area contributed by atoms with Crippen LogP contribution in [0, 0.1) is 0 Å². The van der Waals surface area contributed by atoms with E-state index in [1.807, 2.05) is 24.3 Å². The van der Waals surface area contributed by atoms with Gasteiger partial charge in [-0.3, -0.25) is 9.59 Å². The highest BCUT2D eigenvalue weighted by Gasteiger charge is 2.49. The second kappa shape index (κ2) is 6.18. The predicted octanol–water partition coefficient (Wildman–Crippen LogP) is 0.568. The Morgan fingerprint density at radius 1 is 1.33 bits per heavy atom. The minimum absolute atomic E-state index is 0.0641. The number of hydrogen-bond acceptors (Lipinski definition) is 4. The van der Waals surface area contributed by atoms with Crippen LogP contribution in [-0.4, -0.2) is 44.0 Å². The van der Waals surface area contributed by atoms with E-state index in [1.165, 1.54) is 0 Å².